The van der Waals surface area contributed by atoms with Gasteiger partial charge in [-0.05, 0) is 27.6 Å². The fraction of sp³-hybridized carbons (Fsp3) is 0.143. The maximum absolute atomic E-state index is 8.42. The second kappa shape index (κ2) is 4.07. The summed E-state index contributed by atoms with van der Waals surface area (Å²) in [6.07, 6.45) is 0. The summed E-state index contributed by atoms with van der Waals surface area (Å²) >= 11 is 9.09. The van der Waals surface area contributed by atoms with Gasteiger partial charge in [0, 0.05) is 11.0 Å². The van der Waals surface area contributed by atoms with Crippen molar-refractivity contribution in [2.45, 2.75) is 6.54 Å². The van der Waals surface area contributed by atoms with Crippen LogP contribution in [0.15, 0.2) is 22.7 Å². The zero-order chi connectivity index (χ0) is 8.27. The van der Waals surface area contributed by atoms with E-state index in [0.29, 0.717) is 11.6 Å². The summed E-state index contributed by atoms with van der Waals surface area (Å²) in [5, 5.41) is 9.07. The van der Waals surface area contributed by atoms with Crippen LogP contribution in [0.1, 0.15) is 5.56 Å². The molecule has 0 fully saturated rings. The van der Waals surface area contributed by atoms with Gasteiger partial charge < -0.3 is 5.21 Å². The van der Waals surface area contributed by atoms with E-state index in [4.69, 9.17) is 16.8 Å². The molecular weight excluding hydrogens is 229 g/mol. The van der Waals surface area contributed by atoms with Gasteiger partial charge in [0.25, 0.3) is 0 Å². The van der Waals surface area contributed by atoms with E-state index in [2.05, 4.69) is 21.4 Å². The van der Waals surface area contributed by atoms with Gasteiger partial charge >= 0.3 is 0 Å². The van der Waals surface area contributed by atoms with Crippen LogP contribution in [0.25, 0.3) is 0 Å². The zero-order valence-electron chi connectivity index (χ0n) is 5.64. The first-order valence-corrected chi connectivity index (χ1v) is 4.22. The number of hydrogen-bond donors (Lipinski definition) is 2. The lowest BCUT2D eigenvalue weighted by Crippen LogP contribution is -2.06. The highest BCUT2D eigenvalue weighted by atomic mass is 79.9. The highest BCUT2D eigenvalue weighted by Gasteiger charge is 2.01. The molecule has 0 spiro atoms. The van der Waals surface area contributed by atoms with Gasteiger partial charge in [-0.2, -0.15) is 0 Å². The van der Waals surface area contributed by atoms with Gasteiger partial charge in [-0.25, -0.2) is 5.48 Å². The van der Waals surface area contributed by atoms with Gasteiger partial charge in [-0.15, -0.1) is 0 Å². The molecule has 0 aliphatic heterocycles. The molecule has 0 bridgehead atoms. The van der Waals surface area contributed by atoms with Crippen molar-refractivity contribution >= 4 is 27.5 Å². The Hall–Kier alpha value is -0.0900. The van der Waals surface area contributed by atoms with Crippen LogP contribution in [-0.4, -0.2) is 5.21 Å². The number of benzene rings is 1. The van der Waals surface area contributed by atoms with E-state index in [0.717, 1.165) is 10.0 Å². The summed E-state index contributed by atoms with van der Waals surface area (Å²) in [5.74, 6) is 0. The summed E-state index contributed by atoms with van der Waals surface area (Å²) in [6, 6.07) is 5.49. The zero-order valence-corrected chi connectivity index (χ0v) is 7.98. The van der Waals surface area contributed by atoms with E-state index in [1.165, 1.54) is 0 Å². The molecular formula is C7H7BrClNO. The molecule has 1 rings (SSSR count). The minimum Gasteiger partial charge on any atom is -0.316 e. The topological polar surface area (TPSA) is 32.3 Å². The molecule has 11 heavy (non-hydrogen) atoms. The van der Waals surface area contributed by atoms with E-state index in [9.17, 15) is 0 Å². The predicted molar refractivity (Wildman–Crippen MR) is 47.8 cm³/mol. The highest BCUT2D eigenvalue weighted by molar-refractivity contribution is 9.10. The van der Waals surface area contributed by atoms with Crippen molar-refractivity contribution in [3.8, 4) is 0 Å². The smallest absolute Gasteiger partial charge is 0.0551 e. The Bertz CT molecular complexity index is 254. The fourth-order valence-electron chi connectivity index (χ4n) is 0.770. The Morgan fingerprint density at radius 1 is 1.55 bits per heavy atom. The number of hydrogen-bond acceptors (Lipinski definition) is 2. The first-order valence-electron chi connectivity index (χ1n) is 3.05. The minimum atomic E-state index is 0.390. The standard InChI is InChI=1S/C7H7BrClNO/c8-7-5(4-10-11)2-1-3-6(7)9/h1-3,10-11H,4H2. The van der Waals surface area contributed by atoms with Crippen molar-refractivity contribution in [2.24, 2.45) is 0 Å². The van der Waals surface area contributed by atoms with Gasteiger partial charge in [-0.3, -0.25) is 0 Å². The minimum absolute atomic E-state index is 0.390. The summed E-state index contributed by atoms with van der Waals surface area (Å²) in [4.78, 5) is 0. The molecule has 0 radical (unpaired) electrons. The molecule has 60 valence electrons. The third kappa shape index (κ3) is 2.17. The molecule has 4 heteroatoms. The first kappa shape index (κ1) is 9.00. The van der Waals surface area contributed by atoms with E-state index in [-0.39, 0.29) is 0 Å². The van der Waals surface area contributed by atoms with Crippen molar-refractivity contribution in [1.82, 2.24) is 5.48 Å². The summed E-state index contributed by atoms with van der Waals surface area (Å²) < 4.78 is 0.822. The second-order valence-corrected chi connectivity index (χ2v) is 3.25. The van der Waals surface area contributed by atoms with Crippen LogP contribution in [0.5, 0.6) is 0 Å². The molecule has 0 saturated heterocycles. The first-order chi connectivity index (χ1) is 5.25. The Kier molecular flexibility index (Phi) is 3.33. The second-order valence-electron chi connectivity index (χ2n) is 2.05. The maximum atomic E-state index is 8.42. The summed E-state index contributed by atoms with van der Waals surface area (Å²) in [5.41, 5.74) is 2.99. The van der Waals surface area contributed by atoms with Gasteiger partial charge in [0.1, 0.15) is 0 Å². The molecule has 0 saturated carbocycles. The molecule has 0 aromatic heterocycles. The van der Waals surface area contributed by atoms with E-state index in [1.807, 2.05) is 12.1 Å². The van der Waals surface area contributed by atoms with Crippen molar-refractivity contribution in [3.63, 3.8) is 0 Å². The van der Waals surface area contributed by atoms with Crippen molar-refractivity contribution in [2.75, 3.05) is 0 Å². The van der Waals surface area contributed by atoms with Crippen LogP contribution in [0, 0.1) is 0 Å². The van der Waals surface area contributed by atoms with Crippen LogP contribution in [0.2, 0.25) is 5.02 Å². The van der Waals surface area contributed by atoms with E-state index in [1.54, 1.807) is 6.07 Å². The van der Waals surface area contributed by atoms with Crippen LogP contribution < -0.4 is 5.48 Å². The number of rotatable bonds is 2. The Morgan fingerprint density at radius 2 is 2.27 bits per heavy atom. The number of hydroxylamine groups is 1. The third-order valence-electron chi connectivity index (χ3n) is 1.30. The lowest BCUT2D eigenvalue weighted by molar-refractivity contribution is 0.161. The van der Waals surface area contributed by atoms with Crippen LogP contribution in [-0.2, 0) is 6.54 Å². The lowest BCUT2D eigenvalue weighted by atomic mass is 10.2. The molecule has 0 aliphatic carbocycles. The van der Waals surface area contributed by atoms with Crippen molar-refractivity contribution < 1.29 is 5.21 Å². The lowest BCUT2D eigenvalue weighted by Gasteiger charge is -2.03. The normalized spacial score (nSPS) is 10.1. The third-order valence-corrected chi connectivity index (χ3v) is 2.78. The summed E-state index contributed by atoms with van der Waals surface area (Å²) in [7, 11) is 0. The summed E-state index contributed by atoms with van der Waals surface area (Å²) in [6.45, 7) is 0.390. The Balaban J connectivity index is 2.96. The van der Waals surface area contributed by atoms with Gasteiger partial charge in [-0.1, -0.05) is 23.7 Å². The monoisotopic (exact) mass is 235 g/mol. The van der Waals surface area contributed by atoms with Gasteiger partial charge in [0.2, 0.25) is 0 Å². The molecule has 0 aliphatic rings. The van der Waals surface area contributed by atoms with Gasteiger partial charge in [0.05, 0.1) is 5.02 Å². The largest absolute Gasteiger partial charge is 0.316 e. The Morgan fingerprint density at radius 3 is 2.91 bits per heavy atom. The molecule has 0 heterocycles. The van der Waals surface area contributed by atoms with Crippen molar-refractivity contribution in [1.29, 1.82) is 0 Å². The van der Waals surface area contributed by atoms with E-state index < -0.39 is 0 Å². The predicted octanol–water partition coefficient (Wildman–Crippen LogP) is 2.58. The maximum Gasteiger partial charge on any atom is 0.0551 e. The molecule has 2 N–H and O–H groups in total. The number of nitrogens with one attached hydrogen (secondary N) is 1. The van der Waals surface area contributed by atoms with Gasteiger partial charge in [0.15, 0.2) is 0 Å². The van der Waals surface area contributed by atoms with E-state index >= 15 is 0 Å². The molecule has 1 aromatic carbocycles. The average Bonchev–Trinajstić information content (AvgIpc) is 1.99. The average molecular weight is 236 g/mol. The fourth-order valence-corrected chi connectivity index (χ4v) is 1.37. The molecule has 1 aromatic rings. The molecule has 0 amide bonds. The van der Waals surface area contributed by atoms with Crippen molar-refractivity contribution in [3.05, 3.63) is 33.3 Å². The molecule has 0 unspecified atom stereocenters. The SMILES string of the molecule is ONCc1cccc(Cl)c1Br. The van der Waals surface area contributed by atoms with Crippen LogP contribution in [0.3, 0.4) is 0 Å². The Labute approximate surface area is 78.3 Å². The molecule has 0 atom stereocenters. The molecule has 2 nitrogen and oxygen atoms in total. The number of halogens is 2. The quantitative estimate of drug-likeness (QED) is 0.774. The van der Waals surface area contributed by atoms with Crippen LogP contribution in [0.4, 0.5) is 0 Å². The van der Waals surface area contributed by atoms with Crippen LogP contribution >= 0.6 is 27.5 Å². The highest BCUT2D eigenvalue weighted by Crippen LogP contribution is 2.25.